The van der Waals surface area contributed by atoms with E-state index >= 15 is 0 Å². The summed E-state index contributed by atoms with van der Waals surface area (Å²) in [5.74, 6) is 3.43. The first-order valence-corrected chi connectivity index (χ1v) is 8.01. The zero-order chi connectivity index (χ0) is 13.1. The molecule has 1 aliphatic heterocycles. The van der Waals surface area contributed by atoms with E-state index in [1.54, 1.807) is 0 Å². The van der Waals surface area contributed by atoms with Crippen molar-refractivity contribution in [3.63, 3.8) is 0 Å². The van der Waals surface area contributed by atoms with Crippen LogP contribution >= 0.6 is 0 Å². The molecule has 5 atom stereocenters. The fourth-order valence-corrected chi connectivity index (χ4v) is 4.04. The van der Waals surface area contributed by atoms with Gasteiger partial charge in [-0.1, -0.05) is 27.7 Å². The highest BCUT2D eigenvalue weighted by molar-refractivity contribution is 4.86. The Hall–Kier alpha value is -0.0800. The summed E-state index contributed by atoms with van der Waals surface area (Å²) < 4.78 is 0. The normalized spacial score (nSPS) is 44.3. The van der Waals surface area contributed by atoms with E-state index in [-0.39, 0.29) is 0 Å². The molecular formula is C16H32N2. The Bertz CT molecular complexity index is 241. The molecular weight excluding hydrogens is 220 g/mol. The van der Waals surface area contributed by atoms with E-state index in [1.165, 1.54) is 45.4 Å². The molecule has 1 heterocycles. The van der Waals surface area contributed by atoms with Crippen molar-refractivity contribution in [3.8, 4) is 0 Å². The van der Waals surface area contributed by atoms with Crippen molar-refractivity contribution in [2.45, 2.75) is 53.0 Å². The molecule has 2 nitrogen and oxygen atoms in total. The van der Waals surface area contributed by atoms with Crippen molar-refractivity contribution >= 4 is 0 Å². The second-order valence-electron chi connectivity index (χ2n) is 7.29. The molecule has 1 saturated heterocycles. The van der Waals surface area contributed by atoms with Gasteiger partial charge in [-0.2, -0.15) is 0 Å². The standard InChI is InChI=1S/C16H32N2/c1-12-5-6-16(15(4)7-12)18-10-13(2)8-17-9-14(3)11-18/h12-17H,5-11H2,1-4H3. The third-order valence-corrected chi connectivity index (χ3v) is 4.93. The lowest BCUT2D eigenvalue weighted by Gasteiger charge is -2.43. The van der Waals surface area contributed by atoms with Crippen molar-refractivity contribution in [1.82, 2.24) is 10.2 Å². The summed E-state index contributed by atoms with van der Waals surface area (Å²) in [6.07, 6.45) is 4.30. The molecule has 2 rings (SSSR count). The average Bonchev–Trinajstić information content (AvgIpc) is 2.26. The molecule has 0 bridgehead atoms. The lowest BCUT2D eigenvalue weighted by atomic mass is 9.78. The minimum absolute atomic E-state index is 0.795. The number of rotatable bonds is 1. The predicted octanol–water partition coefficient (Wildman–Crippen LogP) is 2.99. The Balaban J connectivity index is 1.99. The summed E-state index contributed by atoms with van der Waals surface area (Å²) in [4.78, 5) is 2.83. The highest BCUT2D eigenvalue weighted by Crippen LogP contribution is 2.32. The van der Waals surface area contributed by atoms with E-state index in [2.05, 4.69) is 37.9 Å². The summed E-state index contributed by atoms with van der Waals surface area (Å²) >= 11 is 0. The second kappa shape index (κ2) is 6.38. The van der Waals surface area contributed by atoms with Crippen LogP contribution in [0, 0.1) is 23.7 Å². The summed E-state index contributed by atoms with van der Waals surface area (Å²) in [6.45, 7) is 14.7. The van der Waals surface area contributed by atoms with Crippen LogP contribution in [0.15, 0.2) is 0 Å². The van der Waals surface area contributed by atoms with Gasteiger partial charge in [0, 0.05) is 19.1 Å². The maximum absolute atomic E-state index is 3.60. The van der Waals surface area contributed by atoms with Crippen LogP contribution in [-0.2, 0) is 0 Å². The predicted molar refractivity (Wildman–Crippen MR) is 78.7 cm³/mol. The van der Waals surface area contributed by atoms with Crippen molar-refractivity contribution in [2.75, 3.05) is 26.2 Å². The lowest BCUT2D eigenvalue weighted by molar-refractivity contribution is 0.0620. The van der Waals surface area contributed by atoms with Gasteiger partial charge in [0.05, 0.1) is 0 Å². The van der Waals surface area contributed by atoms with Crippen LogP contribution in [0.3, 0.4) is 0 Å². The topological polar surface area (TPSA) is 15.3 Å². The molecule has 1 aliphatic carbocycles. The Kier molecular flexibility index (Phi) is 5.08. The van der Waals surface area contributed by atoms with Gasteiger partial charge in [-0.25, -0.2) is 0 Å². The Morgan fingerprint density at radius 2 is 1.44 bits per heavy atom. The summed E-state index contributed by atoms with van der Waals surface area (Å²) in [7, 11) is 0. The molecule has 0 aromatic heterocycles. The first-order valence-electron chi connectivity index (χ1n) is 8.01. The van der Waals surface area contributed by atoms with Gasteiger partial charge in [0.25, 0.3) is 0 Å². The van der Waals surface area contributed by atoms with Gasteiger partial charge in [-0.3, -0.25) is 4.90 Å². The summed E-state index contributed by atoms with van der Waals surface area (Å²) in [5, 5.41) is 3.60. The van der Waals surface area contributed by atoms with Gasteiger partial charge in [-0.05, 0) is 56.0 Å². The van der Waals surface area contributed by atoms with Crippen LogP contribution in [-0.4, -0.2) is 37.1 Å². The van der Waals surface area contributed by atoms with Gasteiger partial charge in [-0.15, -0.1) is 0 Å². The summed E-state index contributed by atoms with van der Waals surface area (Å²) in [5.41, 5.74) is 0. The minimum Gasteiger partial charge on any atom is -0.316 e. The van der Waals surface area contributed by atoms with Gasteiger partial charge < -0.3 is 5.32 Å². The SMILES string of the molecule is CC1CCC(N2CC(C)CNCC(C)C2)C(C)C1. The number of hydrogen-bond donors (Lipinski definition) is 1. The maximum Gasteiger partial charge on any atom is 0.0121 e. The Morgan fingerprint density at radius 3 is 2.00 bits per heavy atom. The summed E-state index contributed by atoms with van der Waals surface area (Å²) in [6, 6.07) is 0.851. The lowest BCUT2D eigenvalue weighted by Crippen LogP contribution is -2.50. The van der Waals surface area contributed by atoms with Crippen LogP contribution < -0.4 is 5.32 Å². The quantitative estimate of drug-likeness (QED) is 0.772. The fraction of sp³-hybridized carbons (Fsp3) is 1.00. The largest absolute Gasteiger partial charge is 0.316 e. The van der Waals surface area contributed by atoms with E-state index in [4.69, 9.17) is 0 Å². The molecule has 0 aromatic carbocycles. The highest BCUT2D eigenvalue weighted by atomic mass is 15.2. The van der Waals surface area contributed by atoms with Crippen molar-refractivity contribution in [3.05, 3.63) is 0 Å². The molecule has 106 valence electrons. The Morgan fingerprint density at radius 1 is 0.833 bits per heavy atom. The van der Waals surface area contributed by atoms with Crippen molar-refractivity contribution in [1.29, 1.82) is 0 Å². The van der Waals surface area contributed by atoms with Gasteiger partial charge in [0.15, 0.2) is 0 Å². The molecule has 0 aromatic rings. The molecule has 0 amide bonds. The third-order valence-electron chi connectivity index (χ3n) is 4.93. The zero-order valence-corrected chi connectivity index (χ0v) is 12.8. The zero-order valence-electron chi connectivity index (χ0n) is 12.8. The smallest absolute Gasteiger partial charge is 0.0121 e. The number of hydrogen-bond acceptors (Lipinski definition) is 2. The molecule has 1 saturated carbocycles. The number of nitrogens with one attached hydrogen (secondary N) is 1. The molecule has 1 N–H and O–H groups in total. The molecule has 5 unspecified atom stereocenters. The Labute approximate surface area is 114 Å². The minimum atomic E-state index is 0.795. The van der Waals surface area contributed by atoms with Crippen LogP contribution in [0.1, 0.15) is 47.0 Å². The molecule has 2 heteroatoms. The highest BCUT2D eigenvalue weighted by Gasteiger charge is 2.31. The van der Waals surface area contributed by atoms with Crippen LogP contribution in [0.25, 0.3) is 0 Å². The molecule has 0 radical (unpaired) electrons. The fourth-order valence-electron chi connectivity index (χ4n) is 4.04. The molecule has 2 aliphatic rings. The van der Waals surface area contributed by atoms with Crippen molar-refractivity contribution < 1.29 is 0 Å². The van der Waals surface area contributed by atoms with Crippen LogP contribution in [0.4, 0.5) is 0 Å². The van der Waals surface area contributed by atoms with E-state index in [0.29, 0.717) is 0 Å². The monoisotopic (exact) mass is 252 g/mol. The third kappa shape index (κ3) is 3.71. The molecule has 18 heavy (non-hydrogen) atoms. The van der Waals surface area contributed by atoms with Gasteiger partial charge in [0.1, 0.15) is 0 Å². The van der Waals surface area contributed by atoms with Gasteiger partial charge in [0.2, 0.25) is 0 Å². The van der Waals surface area contributed by atoms with E-state index < -0.39 is 0 Å². The van der Waals surface area contributed by atoms with Crippen molar-refractivity contribution in [2.24, 2.45) is 23.7 Å². The van der Waals surface area contributed by atoms with Crippen LogP contribution in [0.2, 0.25) is 0 Å². The number of nitrogens with zero attached hydrogens (tertiary/aromatic N) is 1. The van der Waals surface area contributed by atoms with Gasteiger partial charge >= 0.3 is 0 Å². The second-order valence-corrected chi connectivity index (χ2v) is 7.29. The molecule has 0 spiro atoms. The first kappa shape index (κ1) is 14.3. The van der Waals surface area contributed by atoms with E-state index in [1.807, 2.05) is 0 Å². The molecule has 2 fully saturated rings. The average molecular weight is 252 g/mol. The van der Waals surface area contributed by atoms with Crippen LogP contribution in [0.5, 0.6) is 0 Å². The maximum atomic E-state index is 3.60. The van der Waals surface area contributed by atoms with E-state index in [0.717, 1.165) is 29.7 Å². The van der Waals surface area contributed by atoms with E-state index in [9.17, 15) is 0 Å². The first-order chi connectivity index (χ1) is 8.56.